The topological polar surface area (TPSA) is 37.8 Å². The second kappa shape index (κ2) is 4.21. The molecule has 1 aromatic heterocycles. The number of aryl methyl sites for hydroxylation is 2. The highest BCUT2D eigenvalue weighted by molar-refractivity contribution is 5.44. The Balaban J connectivity index is 3.06. The molecule has 0 aromatic carbocycles. The summed E-state index contributed by atoms with van der Waals surface area (Å²) in [6.45, 7) is 6.20. The zero-order valence-corrected chi connectivity index (χ0v) is 8.81. The normalized spacial score (nSPS) is 10.2. The van der Waals surface area contributed by atoms with E-state index in [2.05, 4.69) is 22.2 Å². The first kappa shape index (κ1) is 9.96. The van der Waals surface area contributed by atoms with Crippen molar-refractivity contribution in [3.8, 4) is 0 Å². The molecule has 1 aromatic rings. The minimum Gasteiger partial charge on any atom is -0.373 e. The Labute approximate surface area is 79.6 Å². The van der Waals surface area contributed by atoms with Crippen LogP contribution in [-0.2, 0) is 6.42 Å². The average molecular weight is 179 g/mol. The molecule has 0 amide bonds. The largest absolute Gasteiger partial charge is 0.373 e. The highest BCUT2D eigenvalue weighted by atomic mass is 15.0. The van der Waals surface area contributed by atoms with Gasteiger partial charge in [-0.05, 0) is 20.3 Å². The maximum atomic E-state index is 4.42. The molecule has 0 radical (unpaired) electrons. The number of anilines is 1. The lowest BCUT2D eigenvalue weighted by Crippen LogP contribution is -2.04. The van der Waals surface area contributed by atoms with E-state index in [0.717, 1.165) is 35.7 Å². The van der Waals surface area contributed by atoms with E-state index in [4.69, 9.17) is 0 Å². The van der Waals surface area contributed by atoms with Gasteiger partial charge >= 0.3 is 0 Å². The summed E-state index contributed by atoms with van der Waals surface area (Å²) in [5.74, 6) is 1.89. The fraction of sp³-hybridized carbons (Fsp3) is 0.600. The predicted molar refractivity (Wildman–Crippen MR) is 55.0 cm³/mol. The van der Waals surface area contributed by atoms with Crippen LogP contribution < -0.4 is 5.32 Å². The second-order valence-corrected chi connectivity index (χ2v) is 3.20. The van der Waals surface area contributed by atoms with Gasteiger partial charge in [0.25, 0.3) is 0 Å². The van der Waals surface area contributed by atoms with Crippen molar-refractivity contribution in [3.05, 3.63) is 17.1 Å². The quantitative estimate of drug-likeness (QED) is 0.772. The summed E-state index contributed by atoms with van der Waals surface area (Å²) < 4.78 is 0. The summed E-state index contributed by atoms with van der Waals surface area (Å²) in [6, 6.07) is 0. The number of nitrogens with zero attached hydrogens (tertiary/aromatic N) is 2. The summed E-state index contributed by atoms with van der Waals surface area (Å²) in [7, 11) is 1.89. The highest BCUT2D eigenvalue weighted by Crippen LogP contribution is 2.14. The Hall–Kier alpha value is -1.12. The molecule has 1 rings (SSSR count). The molecule has 0 aliphatic rings. The fourth-order valence-corrected chi connectivity index (χ4v) is 1.27. The fourth-order valence-electron chi connectivity index (χ4n) is 1.27. The van der Waals surface area contributed by atoms with Gasteiger partial charge < -0.3 is 5.32 Å². The van der Waals surface area contributed by atoms with Crippen molar-refractivity contribution in [1.82, 2.24) is 9.97 Å². The van der Waals surface area contributed by atoms with E-state index in [0.29, 0.717) is 0 Å². The molecule has 0 spiro atoms. The van der Waals surface area contributed by atoms with Crippen LogP contribution in [0.25, 0.3) is 0 Å². The summed E-state index contributed by atoms with van der Waals surface area (Å²) >= 11 is 0. The molecule has 1 N–H and O–H groups in total. The molecular weight excluding hydrogens is 162 g/mol. The van der Waals surface area contributed by atoms with Gasteiger partial charge in [-0.2, -0.15) is 0 Å². The van der Waals surface area contributed by atoms with Crippen molar-refractivity contribution in [2.24, 2.45) is 0 Å². The van der Waals surface area contributed by atoms with E-state index in [9.17, 15) is 0 Å². The molecule has 3 heteroatoms. The Morgan fingerprint density at radius 1 is 1.23 bits per heavy atom. The van der Waals surface area contributed by atoms with Crippen LogP contribution in [0.1, 0.15) is 30.4 Å². The lowest BCUT2D eigenvalue weighted by atomic mass is 10.2. The number of nitrogens with one attached hydrogen (secondary N) is 1. The molecule has 0 saturated carbocycles. The van der Waals surface area contributed by atoms with E-state index in [1.807, 2.05) is 20.9 Å². The molecule has 0 atom stereocenters. The average Bonchev–Trinajstić information content (AvgIpc) is 2.11. The monoisotopic (exact) mass is 179 g/mol. The molecule has 0 bridgehead atoms. The van der Waals surface area contributed by atoms with Crippen molar-refractivity contribution in [2.45, 2.75) is 33.6 Å². The van der Waals surface area contributed by atoms with Crippen LogP contribution in [0.15, 0.2) is 0 Å². The van der Waals surface area contributed by atoms with E-state index in [1.165, 1.54) is 0 Å². The Morgan fingerprint density at radius 3 is 2.46 bits per heavy atom. The van der Waals surface area contributed by atoms with Gasteiger partial charge in [0.1, 0.15) is 11.6 Å². The molecule has 3 nitrogen and oxygen atoms in total. The number of hydrogen-bond acceptors (Lipinski definition) is 3. The summed E-state index contributed by atoms with van der Waals surface area (Å²) in [5, 5.41) is 3.08. The number of rotatable bonds is 3. The highest BCUT2D eigenvalue weighted by Gasteiger charge is 2.05. The minimum absolute atomic E-state index is 0.940. The van der Waals surface area contributed by atoms with Crippen molar-refractivity contribution >= 4 is 5.82 Å². The van der Waals surface area contributed by atoms with Crippen molar-refractivity contribution < 1.29 is 0 Å². The van der Waals surface area contributed by atoms with Crippen LogP contribution in [0.2, 0.25) is 0 Å². The molecule has 0 aliphatic carbocycles. The molecule has 0 fully saturated rings. The number of aromatic nitrogens is 2. The van der Waals surface area contributed by atoms with Gasteiger partial charge in [0, 0.05) is 24.7 Å². The van der Waals surface area contributed by atoms with Gasteiger partial charge in [-0.15, -0.1) is 0 Å². The van der Waals surface area contributed by atoms with Crippen LogP contribution in [0.5, 0.6) is 0 Å². The van der Waals surface area contributed by atoms with E-state index in [-0.39, 0.29) is 0 Å². The number of hydrogen-bond donors (Lipinski definition) is 1. The van der Waals surface area contributed by atoms with Crippen molar-refractivity contribution in [3.63, 3.8) is 0 Å². The third-order valence-electron chi connectivity index (χ3n) is 2.15. The molecule has 72 valence electrons. The van der Waals surface area contributed by atoms with Gasteiger partial charge in [-0.1, -0.05) is 6.92 Å². The maximum absolute atomic E-state index is 4.42. The van der Waals surface area contributed by atoms with Crippen LogP contribution in [0, 0.1) is 13.8 Å². The standard InChI is InChI=1S/C10H17N3/c1-5-6-9-12-8(3)7(2)10(11-4)13-9/h5-6H2,1-4H3,(H,11,12,13). The van der Waals surface area contributed by atoms with E-state index < -0.39 is 0 Å². The molecule has 0 saturated heterocycles. The third-order valence-corrected chi connectivity index (χ3v) is 2.15. The first-order chi connectivity index (χ1) is 6.19. The van der Waals surface area contributed by atoms with Gasteiger partial charge in [-0.25, -0.2) is 9.97 Å². The van der Waals surface area contributed by atoms with Crippen LogP contribution >= 0.6 is 0 Å². The van der Waals surface area contributed by atoms with Crippen molar-refractivity contribution in [2.75, 3.05) is 12.4 Å². The summed E-state index contributed by atoms with van der Waals surface area (Å²) in [4.78, 5) is 8.84. The van der Waals surface area contributed by atoms with Gasteiger partial charge in [0.05, 0.1) is 0 Å². The lowest BCUT2D eigenvalue weighted by Gasteiger charge is -2.08. The molecule has 13 heavy (non-hydrogen) atoms. The predicted octanol–water partition coefficient (Wildman–Crippen LogP) is 2.09. The lowest BCUT2D eigenvalue weighted by molar-refractivity contribution is 0.821. The smallest absolute Gasteiger partial charge is 0.132 e. The molecular formula is C10H17N3. The van der Waals surface area contributed by atoms with Crippen LogP contribution in [0.3, 0.4) is 0 Å². The Bertz CT molecular complexity index is 294. The Morgan fingerprint density at radius 2 is 1.92 bits per heavy atom. The summed E-state index contributed by atoms with van der Waals surface area (Å²) in [6.07, 6.45) is 2.04. The Kier molecular flexibility index (Phi) is 3.23. The zero-order valence-electron chi connectivity index (χ0n) is 8.81. The second-order valence-electron chi connectivity index (χ2n) is 3.20. The molecule has 0 aliphatic heterocycles. The zero-order chi connectivity index (χ0) is 9.84. The first-order valence-electron chi connectivity index (χ1n) is 4.71. The van der Waals surface area contributed by atoms with Gasteiger partial charge in [0.15, 0.2) is 0 Å². The SMILES string of the molecule is CCCc1nc(C)c(C)c(NC)n1. The molecule has 1 heterocycles. The van der Waals surface area contributed by atoms with Gasteiger partial charge in [-0.3, -0.25) is 0 Å². The van der Waals surface area contributed by atoms with E-state index >= 15 is 0 Å². The maximum Gasteiger partial charge on any atom is 0.132 e. The van der Waals surface area contributed by atoms with Crippen molar-refractivity contribution in [1.29, 1.82) is 0 Å². The van der Waals surface area contributed by atoms with Crippen LogP contribution in [-0.4, -0.2) is 17.0 Å². The van der Waals surface area contributed by atoms with Crippen LogP contribution in [0.4, 0.5) is 5.82 Å². The van der Waals surface area contributed by atoms with E-state index in [1.54, 1.807) is 0 Å². The van der Waals surface area contributed by atoms with Gasteiger partial charge in [0.2, 0.25) is 0 Å². The molecule has 0 unspecified atom stereocenters. The first-order valence-corrected chi connectivity index (χ1v) is 4.71. The third kappa shape index (κ3) is 2.17. The summed E-state index contributed by atoms with van der Waals surface area (Å²) in [5.41, 5.74) is 2.21. The minimum atomic E-state index is 0.940.